The molecule has 1 aromatic rings. The van der Waals surface area contributed by atoms with Gasteiger partial charge >= 0.3 is 0 Å². The summed E-state index contributed by atoms with van der Waals surface area (Å²) in [6.07, 6.45) is 3.78. The van der Waals surface area contributed by atoms with E-state index >= 15 is 0 Å². The summed E-state index contributed by atoms with van der Waals surface area (Å²) in [5.41, 5.74) is 0.758. The first-order valence-electron chi connectivity index (χ1n) is 6.34. The molecule has 6 heteroatoms. The Labute approximate surface area is 134 Å². The molecule has 2 heterocycles. The van der Waals surface area contributed by atoms with Gasteiger partial charge in [-0.3, -0.25) is 9.69 Å². The quantitative estimate of drug-likeness (QED) is 0.688. The SMILES string of the molecule is CN(CC(=O)c1cc(Br)sc1Br)CC1CCCCO1. The molecule has 0 spiro atoms. The number of hydrogen-bond donors (Lipinski definition) is 0. The van der Waals surface area contributed by atoms with E-state index in [1.165, 1.54) is 17.8 Å². The summed E-state index contributed by atoms with van der Waals surface area (Å²) in [4.78, 5) is 14.3. The first-order chi connectivity index (χ1) is 9.06. The average molecular weight is 411 g/mol. The highest BCUT2D eigenvalue weighted by Crippen LogP contribution is 2.32. The number of likely N-dealkylation sites (N-methyl/N-ethyl adjacent to an activating group) is 1. The van der Waals surface area contributed by atoms with Crippen molar-refractivity contribution in [2.75, 3.05) is 26.7 Å². The van der Waals surface area contributed by atoms with Gasteiger partial charge < -0.3 is 4.74 Å². The minimum Gasteiger partial charge on any atom is -0.377 e. The molecule has 0 radical (unpaired) electrons. The van der Waals surface area contributed by atoms with Crippen molar-refractivity contribution < 1.29 is 9.53 Å². The van der Waals surface area contributed by atoms with E-state index < -0.39 is 0 Å². The second kappa shape index (κ2) is 7.31. The van der Waals surface area contributed by atoms with Gasteiger partial charge in [0.15, 0.2) is 5.78 Å². The lowest BCUT2D eigenvalue weighted by Gasteiger charge is -2.26. The lowest BCUT2D eigenvalue weighted by atomic mass is 10.1. The molecule has 1 fully saturated rings. The fraction of sp³-hybridized carbons (Fsp3) is 0.615. The molecule has 1 saturated heterocycles. The zero-order chi connectivity index (χ0) is 13.8. The molecule has 1 aliphatic heterocycles. The van der Waals surface area contributed by atoms with Crippen molar-refractivity contribution in [3.05, 3.63) is 19.2 Å². The maximum atomic E-state index is 12.2. The topological polar surface area (TPSA) is 29.5 Å². The van der Waals surface area contributed by atoms with Crippen LogP contribution in [0.1, 0.15) is 29.6 Å². The number of nitrogens with zero attached hydrogens (tertiary/aromatic N) is 1. The van der Waals surface area contributed by atoms with Crippen molar-refractivity contribution in [2.45, 2.75) is 25.4 Å². The maximum Gasteiger partial charge on any atom is 0.178 e. The third-order valence-corrected chi connectivity index (χ3v) is 5.50. The van der Waals surface area contributed by atoms with Crippen molar-refractivity contribution in [2.24, 2.45) is 0 Å². The van der Waals surface area contributed by atoms with Crippen LogP contribution < -0.4 is 0 Å². The van der Waals surface area contributed by atoms with E-state index in [1.54, 1.807) is 0 Å². The van der Waals surface area contributed by atoms with Gasteiger partial charge in [-0.1, -0.05) is 0 Å². The summed E-state index contributed by atoms with van der Waals surface area (Å²) in [6.45, 7) is 2.12. The second-order valence-corrected chi connectivity index (χ2v) is 8.60. The van der Waals surface area contributed by atoms with Crippen LogP contribution in [-0.4, -0.2) is 43.5 Å². The maximum absolute atomic E-state index is 12.2. The third-order valence-electron chi connectivity index (χ3n) is 3.16. The van der Waals surface area contributed by atoms with E-state index in [4.69, 9.17) is 4.74 Å². The first-order valence-corrected chi connectivity index (χ1v) is 8.74. The number of carbonyl (C=O) groups is 1. The Hall–Kier alpha value is 0.250. The fourth-order valence-corrected chi connectivity index (χ4v) is 5.08. The molecule has 2 rings (SSSR count). The fourth-order valence-electron chi connectivity index (χ4n) is 2.22. The minimum absolute atomic E-state index is 0.145. The van der Waals surface area contributed by atoms with Gasteiger partial charge in [-0.05, 0) is 64.2 Å². The summed E-state index contributed by atoms with van der Waals surface area (Å²) >= 11 is 8.36. The van der Waals surface area contributed by atoms with Crippen LogP contribution >= 0.6 is 43.2 Å². The highest BCUT2D eigenvalue weighted by Gasteiger charge is 2.19. The summed E-state index contributed by atoms with van der Waals surface area (Å²) in [6, 6.07) is 1.88. The van der Waals surface area contributed by atoms with Gasteiger partial charge in [0.2, 0.25) is 0 Å². The summed E-state index contributed by atoms with van der Waals surface area (Å²) < 4.78 is 7.56. The number of halogens is 2. The van der Waals surface area contributed by atoms with Crippen LogP contribution in [0.15, 0.2) is 13.6 Å². The van der Waals surface area contributed by atoms with Crippen LogP contribution in [0.3, 0.4) is 0 Å². The molecule has 0 amide bonds. The van der Waals surface area contributed by atoms with Crippen molar-refractivity contribution in [3.8, 4) is 0 Å². The number of ether oxygens (including phenoxy) is 1. The molecular formula is C13H17Br2NO2S. The predicted octanol–water partition coefficient (Wildman–Crippen LogP) is 3.96. The second-order valence-electron chi connectivity index (χ2n) is 4.85. The van der Waals surface area contributed by atoms with Crippen LogP contribution in [0, 0.1) is 0 Å². The number of rotatable bonds is 5. The Morgan fingerprint density at radius 1 is 1.53 bits per heavy atom. The first kappa shape index (κ1) is 15.6. The van der Waals surface area contributed by atoms with E-state index in [-0.39, 0.29) is 11.9 Å². The molecule has 1 atom stereocenters. The lowest BCUT2D eigenvalue weighted by molar-refractivity contribution is -0.000670. The van der Waals surface area contributed by atoms with Gasteiger partial charge in [-0.15, -0.1) is 11.3 Å². The predicted molar refractivity (Wildman–Crippen MR) is 85.1 cm³/mol. The van der Waals surface area contributed by atoms with Crippen LogP contribution in [0.4, 0.5) is 0 Å². The molecule has 1 aromatic heterocycles. The molecule has 0 aromatic carbocycles. The number of Topliss-reactive ketones (excluding diaryl/α,β-unsaturated/α-hetero) is 1. The molecule has 3 nitrogen and oxygen atoms in total. The summed E-state index contributed by atoms with van der Waals surface area (Å²) in [5.74, 6) is 0.145. The highest BCUT2D eigenvalue weighted by molar-refractivity contribution is 9.12. The average Bonchev–Trinajstić information content (AvgIpc) is 2.69. The molecule has 1 aliphatic rings. The van der Waals surface area contributed by atoms with Crippen LogP contribution in [0.2, 0.25) is 0 Å². The standard InChI is InChI=1S/C13H17Br2NO2S/c1-16(7-9-4-2-3-5-18-9)8-11(17)10-6-12(14)19-13(10)15/h6,9H,2-5,7-8H2,1H3. The van der Waals surface area contributed by atoms with Crippen LogP contribution in [0.25, 0.3) is 0 Å². The number of thiophene rings is 1. The van der Waals surface area contributed by atoms with E-state index in [0.29, 0.717) is 6.54 Å². The Balaban J connectivity index is 1.86. The highest BCUT2D eigenvalue weighted by atomic mass is 79.9. The number of hydrogen-bond acceptors (Lipinski definition) is 4. The van der Waals surface area contributed by atoms with E-state index in [2.05, 4.69) is 36.8 Å². The van der Waals surface area contributed by atoms with Crippen molar-refractivity contribution in [1.82, 2.24) is 4.90 Å². The summed E-state index contributed by atoms with van der Waals surface area (Å²) in [7, 11) is 1.98. The molecule has 0 N–H and O–H groups in total. The Morgan fingerprint density at radius 2 is 2.32 bits per heavy atom. The van der Waals surface area contributed by atoms with Gasteiger partial charge in [0.25, 0.3) is 0 Å². The molecule has 0 aliphatic carbocycles. The smallest absolute Gasteiger partial charge is 0.178 e. The number of carbonyl (C=O) groups excluding carboxylic acids is 1. The molecule has 19 heavy (non-hydrogen) atoms. The van der Waals surface area contributed by atoms with Gasteiger partial charge in [0.1, 0.15) is 0 Å². The zero-order valence-corrected chi connectivity index (χ0v) is 14.8. The third kappa shape index (κ3) is 4.63. The monoisotopic (exact) mass is 409 g/mol. The molecular weight excluding hydrogens is 394 g/mol. The Morgan fingerprint density at radius 3 is 2.89 bits per heavy atom. The molecule has 1 unspecified atom stereocenters. The van der Waals surface area contributed by atoms with E-state index in [0.717, 1.165) is 39.1 Å². The molecule has 0 saturated carbocycles. The van der Waals surface area contributed by atoms with E-state index in [1.807, 2.05) is 13.1 Å². The van der Waals surface area contributed by atoms with Gasteiger partial charge in [-0.2, -0.15) is 0 Å². The minimum atomic E-state index is 0.145. The van der Waals surface area contributed by atoms with Gasteiger partial charge in [0, 0.05) is 18.7 Å². The van der Waals surface area contributed by atoms with Gasteiger partial charge in [-0.25, -0.2) is 0 Å². The normalized spacial score (nSPS) is 19.9. The Kier molecular flexibility index (Phi) is 6.02. The Bertz CT molecular complexity index is 444. The lowest BCUT2D eigenvalue weighted by Crippen LogP contribution is -2.36. The molecule has 0 bridgehead atoms. The number of ketones is 1. The van der Waals surface area contributed by atoms with Crippen LogP contribution in [0.5, 0.6) is 0 Å². The largest absolute Gasteiger partial charge is 0.377 e. The molecule has 106 valence electrons. The van der Waals surface area contributed by atoms with E-state index in [9.17, 15) is 4.79 Å². The van der Waals surface area contributed by atoms with Crippen LogP contribution in [-0.2, 0) is 4.74 Å². The zero-order valence-electron chi connectivity index (χ0n) is 10.8. The summed E-state index contributed by atoms with van der Waals surface area (Å²) in [5, 5.41) is 0. The van der Waals surface area contributed by atoms with Gasteiger partial charge in [0.05, 0.1) is 20.2 Å². The van der Waals surface area contributed by atoms with Crippen molar-refractivity contribution >= 4 is 49.0 Å². The van der Waals surface area contributed by atoms with Crippen molar-refractivity contribution in [1.29, 1.82) is 0 Å². The van der Waals surface area contributed by atoms with Crippen molar-refractivity contribution in [3.63, 3.8) is 0 Å².